The van der Waals surface area contributed by atoms with Crippen molar-refractivity contribution in [2.24, 2.45) is 0 Å². The molecule has 0 unspecified atom stereocenters. The Morgan fingerprint density at radius 2 is 1.61 bits per heavy atom. The molecule has 1 aromatic rings. The fourth-order valence-electron chi connectivity index (χ4n) is 2.69. The van der Waals surface area contributed by atoms with Gasteiger partial charge in [0.2, 0.25) is 0 Å². The van der Waals surface area contributed by atoms with Crippen LogP contribution in [0.25, 0.3) is 0 Å². The molecule has 0 radical (unpaired) electrons. The fraction of sp³-hybridized carbons (Fsp3) is 0.625. The summed E-state index contributed by atoms with van der Waals surface area (Å²) in [5.74, 6) is 0. The van der Waals surface area contributed by atoms with Crippen molar-refractivity contribution in [2.45, 2.75) is 64.3 Å². The summed E-state index contributed by atoms with van der Waals surface area (Å²) in [6.07, 6.45) is 6.99. The van der Waals surface area contributed by atoms with Crippen LogP contribution < -0.4 is 10.5 Å². The van der Waals surface area contributed by atoms with Gasteiger partial charge in [-0.1, -0.05) is 68.4 Å². The summed E-state index contributed by atoms with van der Waals surface area (Å²) in [4.78, 5) is 0. The minimum atomic E-state index is -1.13. The van der Waals surface area contributed by atoms with E-state index in [9.17, 15) is 0 Å². The molecule has 0 amide bonds. The largest absolute Gasteiger partial charge is 0.310 e. The number of hydrogen-bond donors (Lipinski definition) is 1. The Morgan fingerprint density at radius 3 is 2.17 bits per heavy atom. The molecule has 100 valence electrons. The number of nitrogens with one attached hydrogen (secondary N) is 1. The van der Waals surface area contributed by atoms with E-state index in [0.29, 0.717) is 0 Å². The standard InChI is InChI=1S/C16H27NSi/c1-18(2,3)16-11-9-14(10-12-16)13-17-15-7-5-4-6-8-15/h9-12,15,17H,4-8,13H2,1-3H3. The topological polar surface area (TPSA) is 12.0 Å². The molecule has 1 N–H and O–H groups in total. The molecule has 1 fully saturated rings. The highest BCUT2D eigenvalue weighted by atomic mass is 28.3. The van der Waals surface area contributed by atoms with E-state index in [2.05, 4.69) is 49.2 Å². The van der Waals surface area contributed by atoms with Gasteiger partial charge in [-0.25, -0.2) is 0 Å². The molecule has 1 aliphatic rings. The van der Waals surface area contributed by atoms with E-state index in [1.54, 1.807) is 5.19 Å². The third-order valence-corrected chi connectivity index (χ3v) is 6.09. The second-order valence-electron chi connectivity index (χ2n) is 6.66. The van der Waals surface area contributed by atoms with Crippen molar-refractivity contribution in [1.29, 1.82) is 0 Å². The van der Waals surface area contributed by atoms with E-state index in [1.165, 1.54) is 37.7 Å². The van der Waals surface area contributed by atoms with Gasteiger partial charge >= 0.3 is 0 Å². The molecule has 18 heavy (non-hydrogen) atoms. The first kappa shape index (κ1) is 13.8. The lowest BCUT2D eigenvalue weighted by molar-refractivity contribution is 0.372. The van der Waals surface area contributed by atoms with E-state index in [-0.39, 0.29) is 0 Å². The molecular weight excluding hydrogens is 234 g/mol. The number of rotatable bonds is 4. The van der Waals surface area contributed by atoms with Crippen LogP contribution in [0, 0.1) is 0 Å². The Labute approximate surface area is 113 Å². The smallest absolute Gasteiger partial charge is 0.0775 e. The molecule has 1 nitrogen and oxygen atoms in total. The first-order valence-corrected chi connectivity index (χ1v) is 10.9. The maximum Gasteiger partial charge on any atom is 0.0775 e. The number of hydrogen-bond acceptors (Lipinski definition) is 1. The minimum absolute atomic E-state index is 0.760. The van der Waals surface area contributed by atoms with Crippen molar-refractivity contribution < 1.29 is 0 Å². The zero-order valence-corrected chi connectivity index (χ0v) is 13.1. The Bertz CT molecular complexity index is 358. The van der Waals surface area contributed by atoms with Crippen LogP contribution in [-0.2, 0) is 6.54 Å². The van der Waals surface area contributed by atoms with Crippen LogP contribution >= 0.6 is 0 Å². The molecule has 0 aliphatic heterocycles. The van der Waals surface area contributed by atoms with Gasteiger partial charge in [-0.15, -0.1) is 0 Å². The molecule has 2 heteroatoms. The third-order valence-electron chi connectivity index (χ3n) is 4.02. The maximum absolute atomic E-state index is 3.71. The maximum atomic E-state index is 3.71. The molecule has 1 saturated carbocycles. The zero-order chi connectivity index (χ0) is 13.0. The highest BCUT2D eigenvalue weighted by Gasteiger charge is 2.16. The van der Waals surface area contributed by atoms with Crippen LogP contribution in [-0.4, -0.2) is 14.1 Å². The summed E-state index contributed by atoms with van der Waals surface area (Å²) >= 11 is 0. The van der Waals surface area contributed by atoms with Crippen molar-refractivity contribution in [3.05, 3.63) is 29.8 Å². The second-order valence-corrected chi connectivity index (χ2v) is 11.7. The van der Waals surface area contributed by atoms with Gasteiger partial charge < -0.3 is 5.32 Å². The van der Waals surface area contributed by atoms with Gasteiger partial charge in [0.25, 0.3) is 0 Å². The molecule has 0 aromatic heterocycles. The predicted molar refractivity (Wildman–Crippen MR) is 83.1 cm³/mol. The van der Waals surface area contributed by atoms with E-state index >= 15 is 0 Å². The Balaban J connectivity index is 1.86. The van der Waals surface area contributed by atoms with Gasteiger partial charge in [0, 0.05) is 12.6 Å². The average molecular weight is 261 g/mol. The molecule has 1 aliphatic carbocycles. The van der Waals surface area contributed by atoms with Gasteiger partial charge in [-0.3, -0.25) is 0 Å². The first-order chi connectivity index (χ1) is 8.55. The summed E-state index contributed by atoms with van der Waals surface area (Å²) in [5.41, 5.74) is 1.43. The molecular formula is C16H27NSi. The quantitative estimate of drug-likeness (QED) is 0.816. The van der Waals surface area contributed by atoms with Crippen LogP contribution in [0.5, 0.6) is 0 Å². The van der Waals surface area contributed by atoms with Crippen molar-refractivity contribution in [3.63, 3.8) is 0 Å². The fourth-order valence-corrected chi connectivity index (χ4v) is 3.86. The van der Waals surface area contributed by atoms with Gasteiger partial charge in [0.1, 0.15) is 0 Å². The third kappa shape index (κ3) is 3.96. The van der Waals surface area contributed by atoms with Gasteiger partial charge in [0.05, 0.1) is 8.07 Å². The SMILES string of the molecule is C[Si](C)(C)c1ccc(CNC2CCCCC2)cc1. The monoisotopic (exact) mass is 261 g/mol. The highest BCUT2D eigenvalue weighted by Crippen LogP contribution is 2.17. The zero-order valence-electron chi connectivity index (χ0n) is 12.1. The summed E-state index contributed by atoms with van der Waals surface area (Å²) in [5, 5.41) is 5.27. The molecule has 0 heterocycles. The van der Waals surface area contributed by atoms with Gasteiger partial charge in [-0.2, -0.15) is 0 Å². The van der Waals surface area contributed by atoms with Gasteiger partial charge in [-0.05, 0) is 18.4 Å². The van der Waals surface area contributed by atoms with Crippen molar-refractivity contribution in [2.75, 3.05) is 0 Å². The lowest BCUT2D eigenvalue weighted by Crippen LogP contribution is -2.37. The van der Waals surface area contributed by atoms with E-state index < -0.39 is 8.07 Å². The lowest BCUT2D eigenvalue weighted by Gasteiger charge is -2.23. The average Bonchev–Trinajstić information content (AvgIpc) is 2.37. The Hall–Kier alpha value is -0.603. The minimum Gasteiger partial charge on any atom is -0.310 e. The van der Waals surface area contributed by atoms with Crippen LogP contribution in [0.3, 0.4) is 0 Å². The molecule has 1 aromatic carbocycles. The summed E-state index contributed by atoms with van der Waals surface area (Å²) in [6.45, 7) is 8.25. The molecule has 0 spiro atoms. The summed E-state index contributed by atoms with van der Waals surface area (Å²) in [7, 11) is -1.13. The van der Waals surface area contributed by atoms with Crippen molar-refractivity contribution >= 4 is 13.3 Å². The van der Waals surface area contributed by atoms with Crippen LogP contribution in [0.4, 0.5) is 0 Å². The van der Waals surface area contributed by atoms with Crippen LogP contribution in [0.15, 0.2) is 24.3 Å². The van der Waals surface area contributed by atoms with E-state index in [4.69, 9.17) is 0 Å². The normalized spacial score (nSPS) is 17.9. The van der Waals surface area contributed by atoms with E-state index in [1.807, 2.05) is 0 Å². The molecule has 2 rings (SSSR count). The number of benzene rings is 1. The Morgan fingerprint density at radius 1 is 1.00 bits per heavy atom. The predicted octanol–water partition coefficient (Wildman–Crippen LogP) is 3.65. The lowest BCUT2D eigenvalue weighted by atomic mass is 9.95. The second kappa shape index (κ2) is 6.03. The van der Waals surface area contributed by atoms with Crippen molar-refractivity contribution in [3.8, 4) is 0 Å². The summed E-state index contributed by atoms with van der Waals surface area (Å²) < 4.78 is 0. The van der Waals surface area contributed by atoms with Crippen LogP contribution in [0.2, 0.25) is 19.6 Å². The summed E-state index contributed by atoms with van der Waals surface area (Å²) in [6, 6.07) is 10.1. The van der Waals surface area contributed by atoms with E-state index in [0.717, 1.165) is 12.6 Å². The van der Waals surface area contributed by atoms with Crippen LogP contribution in [0.1, 0.15) is 37.7 Å². The Kier molecular flexibility index (Phi) is 4.63. The molecule has 0 bridgehead atoms. The molecule has 0 saturated heterocycles. The first-order valence-electron chi connectivity index (χ1n) is 7.38. The highest BCUT2D eigenvalue weighted by molar-refractivity contribution is 6.88. The molecule has 0 atom stereocenters. The van der Waals surface area contributed by atoms with Crippen molar-refractivity contribution in [1.82, 2.24) is 5.32 Å². The van der Waals surface area contributed by atoms with Gasteiger partial charge in [0.15, 0.2) is 0 Å².